The molecule has 0 radical (unpaired) electrons. The van der Waals surface area contributed by atoms with Crippen molar-refractivity contribution in [1.82, 2.24) is 0 Å². The Morgan fingerprint density at radius 2 is 1.23 bits per heavy atom. The lowest BCUT2D eigenvalue weighted by atomic mass is 9.98. The maximum Gasteiger partial charge on any atom is 0.0996 e. The second-order valence-corrected chi connectivity index (χ2v) is 9.04. The van der Waals surface area contributed by atoms with E-state index in [4.69, 9.17) is 17.4 Å². The first-order valence-corrected chi connectivity index (χ1v) is 9.86. The number of hydrogen-bond donors (Lipinski definition) is 3. The van der Waals surface area contributed by atoms with Crippen molar-refractivity contribution in [2.24, 2.45) is 21.9 Å². The van der Waals surface area contributed by atoms with Crippen LogP contribution in [0.25, 0.3) is 41.7 Å². The van der Waals surface area contributed by atoms with Gasteiger partial charge in [-0.25, -0.2) is 0 Å². The fourth-order valence-electron chi connectivity index (χ4n) is 4.34. The van der Waals surface area contributed by atoms with Gasteiger partial charge in [0.05, 0.1) is 15.7 Å². The number of nitrogen functional groups attached to an aromatic ring is 1. The average Bonchev–Trinajstić information content (AvgIpc) is 3.29. The SMILES string of the molecule is Cc1cc2/c(=N\N)c3c(C)c4c(c(C)c3c2s1)/c(=N/N)c1cc(N)sc14. The molecule has 0 spiro atoms. The van der Waals surface area contributed by atoms with E-state index in [9.17, 15) is 0 Å². The molecule has 0 fully saturated rings. The zero-order valence-corrected chi connectivity index (χ0v) is 16.2. The van der Waals surface area contributed by atoms with E-state index in [0.29, 0.717) is 0 Å². The first-order valence-electron chi connectivity index (χ1n) is 8.22. The molecule has 130 valence electrons. The minimum atomic E-state index is 0.766. The van der Waals surface area contributed by atoms with Crippen LogP contribution in [-0.2, 0) is 0 Å². The van der Waals surface area contributed by atoms with Crippen molar-refractivity contribution in [3.63, 3.8) is 0 Å². The van der Waals surface area contributed by atoms with Gasteiger partial charge in [0.15, 0.2) is 0 Å². The molecule has 5 rings (SSSR count). The highest BCUT2D eigenvalue weighted by molar-refractivity contribution is 7.23. The molecule has 0 amide bonds. The second kappa shape index (κ2) is 4.96. The topological polar surface area (TPSA) is 103 Å². The Bertz CT molecular complexity index is 1380. The monoisotopic (exact) mass is 379 g/mol. The molecule has 0 aliphatic heterocycles. The molecular weight excluding hydrogens is 362 g/mol. The Morgan fingerprint density at radius 3 is 1.77 bits per heavy atom. The van der Waals surface area contributed by atoms with Gasteiger partial charge in [-0.05, 0) is 44.0 Å². The number of aryl methyl sites for hydroxylation is 3. The fraction of sp³-hybridized carbons (Fsp3) is 0.158. The van der Waals surface area contributed by atoms with Crippen molar-refractivity contribution in [2.75, 3.05) is 5.73 Å². The molecule has 5 nitrogen and oxygen atoms in total. The standard InChI is InChI=1S/C19H17N5S2/c1-6-4-9-16(23-21)12-8(3)15-13(7(2)14(12)18(9)25-6)17(24-22)10-5-11(20)26-19(10)15/h4-5H,20-22H2,1-3H3/b23-16+,24-17+. The van der Waals surface area contributed by atoms with Gasteiger partial charge in [0, 0.05) is 46.6 Å². The van der Waals surface area contributed by atoms with Crippen LogP contribution in [-0.4, -0.2) is 0 Å². The van der Waals surface area contributed by atoms with E-state index < -0.39 is 0 Å². The Kier molecular flexibility index (Phi) is 2.98. The zero-order chi connectivity index (χ0) is 18.3. The number of nitrogens with zero attached hydrogens (tertiary/aromatic N) is 2. The van der Waals surface area contributed by atoms with Crippen LogP contribution < -0.4 is 28.1 Å². The summed E-state index contributed by atoms with van der Waals surface area (Å²) in [6, 6.07) is 4.14. The summed E-state index contributed by atoms with van der Waals surface area (Å²) in [5.41, 5.74) is 8.40. The molecule has 26 heavy (non-hydrogen) atoms. The summed E-state index contributed by atoms with van der Waals surface area (Å²) in [4.78, 5) is 1.25. The summed E-state index contributed by atoms with van der Waals surface area (Å²) in [7, 11) is 0. The number of rotatable bonds is 0. The maximum atomic E-state index is 6.07. The van der Waals surface area contributed by atoms with Crippen LogP contribution in [0.3, 0.4) is 0 Å². The summed E-state index contributed by atoms with van der Waals surface area (Å²) < 4.78 is 2.36. The smallest absolute Gasteiger partial charge is 0.0996 e. The largest absolute Gasteiger partial charge is 0.391 e. The third kappa shape index (κ3) is 1.65. The number of anilines is 1. The van der Waals surface area contributed by atoms with Crippen LogP contribution in [0.15, 0.2) is 22.3 Å². The number of fused-ring (bicyclic) bond motifs is 6. The third-order valence-corrected chi connectivity index (χ3v) is 7.35. The Balaban J connectivity index is 2.24. The number of nitrogens with two attached hydrogens (primary N) is 3. The third-order valence-electron chi connectivity index (χ3n) is 5.30. The zero-order valence-electron chi connectivity index (χ0n) is 14.6. The molecule has 2 aromatic heterocycles. The molecule has 2 heterocycles. The fourth-order valence-corrected chi connectivity index (χ4v) is 6.50. The molecule has 0 saturated heterocycles. The van der Waals surface area contributed by atoms with Crippen LogP contribution in [0.1, 0.15) is 16.0 Å². The highest BCUT2D eigenvalue weighted by Crippen LogP contribution is 2.43. The van der Waals surface area contributed by atoms with E-state index in [2.05, 4.69) is 37.0 Å². The predicted octanol–water partition coefficient (Wildman–Crippen LogP) is 3.35. The lowest BCUT2D eigenvalue weighted by Crippen LogP contribution is -2.07. The molecule has 0 unspecified atom stereocenters. The van der Waals surface area contributed by atoms with Crippen molar-refractivity contribution in [1.29, 1.82) is 0 Å². The molecule has 0 saturated carbocycles. The van der Waals surface area contributed by atoms with Gasteiger partial charge in [-0.2, -0.15) is 10.2 Å². The molecule has 6 N–H and O–H groups in total. The molecule has 3 aromatic carbocycles. The van der Waals surface area contributed by atoms with Gasteiger partial charge in [-0.1, -0.05) is 0 Å². The lowest BCUT2D eigenvalue weighted by Gasteiger charge is -2.06. The van der Waals surface area contributed by atoms with Gasteiger partial charge in [0.2, 0.25) is 0 Å². The van der Waals surface area contributed by atoms with Crippen molar-refractivity contribution in [2.45, 2.75) is 20.8 Å². The van der Waals surface area contributed by atoms with E-state index in [-0.39, 0.29) is 0 Å². The molecule has 0 aliphatic rings. The quantitative estimate of drug-likeness (QED) is 0.284. The van der Waals surface area contributed by atoms with Crippen LogP contribution in [0, 0.1) is 20.8 Å². The van der Waals surface area contributed by atoms with Crippen molar-refractivity contribution in [3.05, 3.63) is 38.9 Å². The van der Waals surface area contributed by atoms with Gasteiger partial charge in [-0.3, -0.25) is 0 Å². The highest BCUT2D eigenvalue weighted by atomic mass is 32.1. The van der Waals surface area contributed by atoms with Gasteiger partial charge < -0.3 is 17.4 Å². The summed E-state index contributed by atoms with van der Waals surface area (Å²) in [5.74, 6) is 11.6. The molecule has 0 bridgehead atoms. The highest BCUT2D eigenvalue weighted by Gasteiger charge is 2.23. The first-order chi connectivity index (χ1) is 12.5. The first kappa shape index (κ1) is 15.6. The second-order valence-electron chi connectivity index (χ2n) is 6.70. The van der Waals surface area contributed by atoms with E-state index in [0.717, 1.165) is 52.9 Å². The van der Waals surface area contributed by atoms with E-state index in [1.807, 2.05) is 6.07 Å². The van der Waals surface area contributed by atoms with Crippen LogP contribution >= 0.6 is 22.7 Å². The molecule has 7 heteroatoms. The predicted molar refractivity (Wildman–Crippen MR) is 113 cm³/mol. The minimum Gasteiger partial charge on any atom is -0.391 e. The van der Waals surface area contributed by atoms with Gasteiger partial charge in [0.25, 0.3) is 0 Å². The average molecular weight is 380 g/mol. The molecule has 0 atom stereocenters. The van der Waals surface area contributed by atoms with Crippen molar-refractivity contribution in [3.8, 4) is 0 Å². The normalized spacial score (nSPS) is 14.1. The summed E-state index contributed by atoms with van der Waals surface area (Å²) in [5, 5.41) is 17.5. The summed E-state index contributed by atoms with van der Waals surface area (Å²) in [6.07, 6.45) is 0. The van der Waals surface area contributed by atoms with Crippen molar-refractivity contribution < 1.29 is 0 Å². The number of hydrogen-bond acceptors (Lipinski definition) is 7. The van der Waals surface area contributed by atoms with Crippen LogP contribution in [0.2, 0.25) is 0 Å². The minimum absolute atomic E-state index is 0.766. The Hall–Kier alpha value is -2.64. The molecular formula is C19H17N5S2. The van der Waals surface area contributed by atoms with Gasteiger partial charge in [-0.15, -0.1) is 22.7 Å². The Morgan fingerprint density at radius 1 is 0.731 bits per heavy atom. The maximum absolute atomic E-state index is 6.07. The van der Waals surface area contributed by atoms with E-state index >= 15 is 0 Å². The lowest BCUT2D eigenvalue weighted by molar-refractivity contribution is 1.17. The van der Waals surface area contributed by atoms with Crippen LogP contribution in [0.4, 0.5) is 5.00 Å². The van der Waals surface area contributed by atoms with Crippen molar-refractivity contribution >= 4 is 69.4 Å². The molecule has 0 aliphatic carbocycles. The number of thiophene rings is 2. The van der Waals surface area contributed by atoms with Gasteiger partial charge >= 0.3 is 0 Å². The Labute approximate surface area is 156 Å². The summed E-state index contributed by atoms with van der Waals surface area (Å²) in [6.45, 7) is 6.38. The number of benzene rings is 1. The summed E-state index contributed by atoms with van der Waals surface area (Å²) >= 11 is 3.36. The van der Waals surface area contributed by atoms with Gasteiger partial charge in [0.1, 0.15) is 0 Å². The van der Waals surface area contributed by atoms with Crippen LogP contribution in [0.5, 0.6) is 0 Å². The van der Waals surface area contributed by atoms with E-state index in [1.54, 1.807) is 22.7 Å². The molecule has 5 aromatic rings. The van der Waals surface area contributed by atoms with E-state index in [1.165, 1.54) is 20.5 Å².